The van der Waals surface area contributed by atoms with Crippen LogP contribution in [0.15, 0.2) is 60.7 Å². The van der Waals surface area contributed by atoms with Gasteiger partial charge in [0.25, 0.3) is 0 Å². The van der Waals surface area contributed by atoms with Crippen molar-refractivity contribution in [3.05, 3.63) is 71.8 Å². The molecule has 448 valence electrons. The highest BCUT2D eigenvalue weighted by molar-refractivity contribution is 6.00. The number of amides is 10. The van der Waals surface area contributed by atoms with Crippen molar-refractivity contribution in [3.8, 4) is 0 Å². The van der Waals surface area contributed by atoms with Crippen LogP contribution in [0.25, 0.3) is 0 Å². The Labute approximate surface area is 478 Å². The highest BCUT2D eigenvalue weighted by Crippen LogP contribution is 2.22. The highest BCUT2D eigenvalue weighted by Gasteiger charge is 2.42. The minimum Gasteiger partial charge on any atom is -0.343 e. The number of benzene rings is 2. The number of hydrogen-bond acceptors (Lipinski definition) is 12. The Bertz CT molecular complexity index is 2440. The van der Waals surface area contributed by atoms with Crippen LogP contribution in [-0.4, -0.2) is 156 Å². The van der Waals surface area contributed by atoms with Crippen LogP contribution >= 0.6 is 0 Å². The van der Waals surface area contributed by atoms with Gasteiger partial charge in [-0.2, -0.15) is 0 Å². The third-order valence-electron chi connectivity index (χ3n) is 14.8. The fourth-order valence-corrected chi connectivity index (χ4v) is 10.0. The van der Waals surface area contributed by atoms with Crippen LogP contribution < -0.4 is 54.0 Å². The Morgan fingerprint density at radius 2 is 0.840 bits per heavy atom. The van der Waals surface area contributed by atoms with Gasteiger partial charge in [0.1, 0.15) is 60.4 Å². The smallest absolute Gasteiger partial charge is 0.246 e. The summed E-state index contributed by atoms with van der Waals surface area (Å²) in [5.41, 5.74) is 13.2. The van der Waals surface area contributed by atoms with Gasteiger partial charge >= 0.3 is 0 Å². The molecule has 10 amide bonds. The first kappa shape index (κ1) is 66.6. The molecule has 0 spiro atoms. The summed E-state index contributed by atoms with van der Waals surface area (Å²) in [6.45, 7) is 16.2. The highest BCUT2D eigenvalue weighted by atomic mass is 16.2. The molecule has 12 N–H and O–H groups in total. The first-order valence-electron chi connectivity index (χ1n) is 28.8. The van der Waals surface area contributed by atoms with Crippen LogP contribution in [0.2, 0.25) is 0 Å². The van der Waals surface area contributed by atoms with Gasteiger partial charge in [-0.05, 0) is 106 Å². The number of rotatable bonds is 16. The monoisotopic (exact) mass is 1130 g/mol. The van der Waals surface area contributed by atoms with Gasteiger partial charge in [0.15, 0.2) is 0 Å². The molecule has 22 nitrogen and oxygen atoms in total. The van der Waals surface area contributed by atoms with E-state index in [0.29, 0.717) is 30.4 Å². The Hall–Kier alpha value is -6.94. The van der Waals surface area contributed by atoms with Gasteiger partial charge in [0.2, 0.25) is 59.1 Å². The quantitative estimate of drug-likeness (QED) is 0.113. The second kappa shape index (κ2) is 32.5. The maximum absolute atomic E-state index is 14.9. The molecule has 2 heterocycles. The van der Waals surface area contributed by atoms with E-state index in [4.69, 9.17) is 11.5 Å². The standard InChI is InChI=1S/C59H92N12O10/c1-34(2)30-43-53(75)66-45(32-39-20-13-11-14-21-39)58(80)70(10)38(9)50(72)68-48(36(5)6)56(78)62-41(24-17-27-60)51(73)65-44(31-35(3)4)54(76)67-46(33-40-22-15-12-16-23-40)59(81)71-29-19-26-47(71)55(77)69-49(37(7)8)57(79)63-42(25-18-28-61)52(74)64-43/h11-16,20-23,34-38,41-49H,17-19,24-33,60-61H2,1-10H3,(H,62,78)(H,63,79)(H,64,74)(H,65,73)(H,66,75)(H,67,76)(H,68,72)(H,69,77)/t38-,41-,42-,43-,44-,45+,46+,47-,48-,49-/m0/s1. The molecule has 2 aromatic carbocycles. The molecule has 81 heavy (non-hydrogen) atoms. The van der Waals surface area contributed by atoms with Gasteiger partial charge in [0, 0.05) is 26.4 Å². The van der Waals surface area contributed by atoms with Crippen LogP contribution in [0.1, 0.15) is 125 Å². The molecular formula is C59H92N12O10. The van der Waals surface area contributed by atoms with Crippen molar-refractivity contribution in [1.29, 1.82) is 0 Å². The van der Waals surface area contributed by atoms with Crippen molar-refractivity contribution in [2.75, 3.05) is 26.7 Å². The van der Waals surface area contributed by atoms with Crippen LogP contribution in [0.3, 0.4) is 0 Å². The molecule has 0 bridgehead atoms. The third-order valence-corrected chi connectivity index (χ3v) is 14.8. The van der Waals surface area contributed by atoms with E-state index in [1.54, 1.807) is 82.3 Å². The SMILES string of the molecule is CC(C)C[C@@H]1NC(=O)[C@H](CCCN)NC(=O)[C@H](C(C)C)NC(=O)[C@@H]2CCCN2C(=O)[C@@H](Cc2ccccc2)NC(=O)[C@H](CC(C)C)NC(=O)[C@H](CCCN)NC(=O)[C@H](C(C)C)NC(=O)[C@H](C)N(C)C(=O)[C@@H](Cc2ccccc2)NC1=O. The molecule has 0 saturated carbocycles. The lowest BCUT2D eigenvalue weighted by Gasteiger charge is -2.33. The molecule has 2 fully saturated rings. The topological polar surface area (TPSA) is 325 Å². The van der Waals surface area contributed by atoms with Crippen molar-refractivity contribution in [2.45, 2.75) is 187 Å². The maximum atomic E-state index is 14.9. The lowest BCUT2D eigenvalue weighted by atomic mass is 9.99. The lowest BCUT2D eigenvalue weighted by molar-refractivity contribution is -0.143. The maximum Gasteiger partial charge on any atom is 0.246 e. The minimum atomic E-state index is -1.26. The van der Waals surface area contributed by atoms with E-state index in [2.05, 4.69) is 42.5 Å². The normalized spacial score (nSPS) is 26.1. The summed E-state index contributed by atoms with van der Waals surface area (Å²) < 4.78 is 0. The second-order valence-electron chi connectivity index (χ2n) is 23.1. The van der Waals surface area contributed by atoms with E-state index in [0.717, 1.165) is 4.90 Å². The van der Waals surface area contributed by atoms with Gasteiger partial charge < -0.3 is 63.8 Å². The molecule has 0 aromatic heterocycles. The van der Waals surface area contributed by atoms with E-state index < -0.39 is 131 Å². The van der Waals surface area contributed by atoms with Gasteiger partial charge in [0.05, 0.1) is 0 Å². The molecule has 2 saturated heterocycles. The van der Waals surface area contributed by atoms with Gasteiger partial charge in [-0.1, -0.05) is 116 Å². The molecule has 4 rings (SSSR count). The second-order valence-corrected chi connectivity index (χ2v) is 23.1. The van der Waals surface area contributed by atoms with E-state index in [-0.39, 0.29) is 76.4 Å². The van der Waals surface area contributed by atoms with Gasteiger partial charge in [-0.25, -0.2) is 0 Å². The number of hydrogen-bond donors (Lipinski definition) is 10. The van der Waals surface area contributed by atoms with Crippen molar-refractivity contribution < 1.29 is 47.9 Å². The summed E-state index contributed by atoms with van der Waals surface area (Å²) in [6.07, 6.45) is 1.67. The Balaban J connectivity index is 1.84. The molecule has 0 radical (unpaired) electrons. The zero-order valence-corrected chi connectivity index (χ0v) is 49.2. The zero-order chi connectivity index (χ0) is 60.1. The molecule has 2 aromatic rings. The van der Waals surface area contributed by atoms with Crippen LogP contribution in [0.4, 0.5) is 0 Å². The van der Waals surface area contributed by atoms with E-state index >= 15 is 0 Å². The van der Waals surface area contributed by atoms with Crippen molar-refractivity contribution in [3.63, 3.8) is 0 Å². The predicted octanol–water partition coefficient (Wildman–Crippen LogP) is 1.08. The van der Waals surface area contributed by atoms with Gasteiger partial charge in [-0.3, -0.25) is 47.9 Å². The Kier molecular flexibility index (Phi) is 26.7. The molecule has 2 aliphatic heterocycles. The average molecular weight is 1130 g/mol. The van der Waals surface area contributed by atoms with Crippen molar-refractivity contribution in [1.82, 2.24) is 52.3 Å². The number of nitrogens with zero attached hydrogens (tertiary/aromatic N) is 2. The van der Waals surface area contributed by atoms with Crippen LogP contribution in [0.5, 0.6) is 0 Å². The molecule has 2 aliphatic rings. The Morgan fingerprint density at radius 1 is 0.469 bits per heavy atom. The van der Waals surface area contributed by atoms with Crippen LogP contribution in [0, 0.1) is 23.7 Å². The van der Waals surface area contributed by atoms with Gasteiger partial charge in [-0.15, -0.1) is 0 Å². The summed E-state index contributed by atoms with van der Waals surface area (Å²) in [4.78, 5) is 147. The summed E-state index contributed by atoms with van der Waals surface area (Å²) in [6, 6.07) is 5.88. The average Bonchev–Trinajstić information content (AvgIpc) is 4.01. The number of carbonyl (C=O) groups is 10. The Morgan fingerprint density at radius 3 is 1.23 bits per heavy atom. The lowest BCUT2D eigenvalue weighted by Crippen LogP contribution is -2.62. The zero-order valence-electron chi connectivity index (χ0n) is 49.2. The number of likely N-dealkylation sites (N-methyl/N-ethyl adjacent to an activating group) is 1. The van der Waals surface area contributed by atoms with E-state index in [1.165, 1.54) is 18.9 Å². The molecule has 0 unspecified atom stereocenters. The number of nitrogens with one attached hydrogen (secondary N) is 8. The van der Waals surface area contributed by atoms with Crippen molar-refractivity contribution in [2.24, 2.45) is 35.1 Å². The number of nitrogens with two attached hydrogens (primary N) is 2. The van der Waals surface area contributed by atoms with E-state index in [1.807, 2.05) is 33.8 Å². The largest absolute Gasteiger partial charge is 0.343 e. The first-order valence-corrected chi connectivity index (χ1v) is 28.8. The molecule has 10 atom stereocenters. The van der Waals surface area contributed by atoms with Crippen molar-refractivity contribution >= 4 is 59.1 Å². The van der Waals surface area contributed by atoms with Crippen LogP contribution in [-0.2, 0) is 60.8 Å². The summed E-state index contributed by atoms with van der Waals surface area (Å²) in [5, 5.41) is 22.6. The predicted molar refractivity (Wildman–Crippen MR) is 308 cm³/mol. The fourth-order valence-electron chi connectivity index (χ4n) is 10.0. The molecule has 22 heteroatoms. The molecule has 0 aliphatic carbocycles. The first-order chi connectivity index (χ1) is 38.4. The minimum absolute atomic E-state index is 0.00601. The summed E-state index contributed by atoms with van der Waals surface area (Å²) in [5.74, 6) is -8.09. The summed E-state index contributed by atoms with van der Waals surface area (Å²) >= 11 is 0. The fraction of sp³-hybridized carbons (Fsp3) is 0.627. The third kappa shape index (κ3) is 20.2. The van der Waals surface area contributed by atoms with E-state index in [9.17, 15) is 47.9 Å². The molecular weight excluding hydrogens is 1040 g/mol. The summed E-state index contributed by atoms with van der Waals surface area (Å²) in [7, 11) is 1.40. The number of carbonyl (C=O) groups excluding carboxylic acids is 10. The number of fused-ring (bicyclic) bond motifs is 1.